The van der Waals surface area contributed by atoms with Crippen LogP contribution in [0.5, 0.6) is 0 Å². The van der Waals surface area contributed by atoms with Crippen LogP contribution in [0.15, 0.2) is 24.5 Å². The molecule has 242 valence electrons. The summed E-state index contributed by atoms with van der Waals surface area (Å²) in [6.45, 7) is 11.1. The number of hydrogen-bond donors (Lipinski definition) is 1. The second kappa shape index (κ2) is 13.1. The number of anilines is 3. The highest BCUT2D eigenvalue weighted by Crippen LogP contribution is 2.43. The molecular weight excluding hydrogens is 588 g/mol. The van der Waals surface area contributed by atoms with Gasteiger partial charge in [-0.25, -0.2) is 19.7 Å². The van der Waals surface area contributed by atoms with Crippen LogP contribution in [0.25, 0.3) is 10.2 Å². The number of thiophene rings is 1. The molecule has 6 rings (SSSR count). The van der Waals surface area contributed by atoms with Crippen LogP contribution in [0.4, 0.5) is 22.2 Å². The second-order valence-corrected chi connectivity index (χ2v) is 14.7. The van der Waals surface area contributed by atoms with E-state index in [0.717, 1.165) is 91.3 Å². The van der Waals surface area contributed by atoms with Gasteiger partial charge in [0.1, 0.15) is 11.4 Å². The summed E-state index contributed by atoms with van der Waals surface area (Å²) < 4.78 is 6.50. The Balaban J connectivity index is 1.05. The van der Waals surface area contributed by atoms with Gasteiger partial charge in [0.05, 0.1) is 33.2 Å². The molecule has 5 heterocycles. The Morgan fingerprint density at radius 2 is 1.67 bits per heavy atom. The number of piperidine rings is 1. The van der Waals surface area contributed by atoms with Crippen molar-refractivity contribution in [2.24, 2.45) is 0 Å². The lowest BCUT2D eigenvalue weighted by molar-refractivity contribution is 0.0140. The maximum absolute atomic E-state index is 13.0. The summed E-state index contributed by atoms with van der Waals surface area (Å²) in [4.78, 5) is 48.9. The molecule has 12 heteroatoms. The van der Waals surface area contributed by atoms with Gasteiger partial charge in [-0.2, -0.15) is 0 Å². The fourth-order valence-corrected chi connectivity index (χ4v) is 7.99. The van der Waals surface area contributed by atoms with Crippen molar-refractivity contribution in [3.63, 3.8) is 0 Å². The van der Waals surface area contributed by atoms with E-state index < -0.39 is 5.60 Å². The molecule has 45 heavy (non-hydrogen) atoms. The van der Waals surface area contributed by atoms with Gasteiger partial charge in [0, 0.05) is 65.0 Å². The lowest BCUT2D eigenvalue weighted by Crippen LogP contribution is -2.54. The molecule has 1 aliphatic carbocycles. The molecule has 11 nitrogen and oxygen atoms in total. The lowest BCUT2D eigenvalue weighted by Gasteiger charge is -2.43. The third kappa shape index (κ3) is 7.17. The molecule has 2 saturated heterocycles. The van der Waals surface area contributed by atoms with Crippen molar-refractivity contribution in [3.8, 4) is 0 Å². The van der Waals surface area contributed by atoms with Gasteiger partial charge in [0.2, 0.25) is 5.95 Å². The maximum atomic E-state index is 13.0. The number of amides is 2. The minimum absolute atomic E-state index is 0.0380. The zero-order valence-electron chi connectivity index (χ0n) is 27.2. The van der Waals surface area contributed by atoms with Crippen LogP contribution in [-0.4, -0.2) is 107 Å². The minimum Gasteiger partial charge on any atom is -0.444 e. The highest BCUT2D eigenvalue weighted by molar-refractivity contribution is 7.21. The van der Waals surface area contributed by atoms with Gasteiger partial charge in [-0.3, -0.25) is 9.69 Å². The van der Waals surface area contributed by atoms with Crippen LogP contribution in [0.1, 0.15) is 80.4 Å². The van der Waals surface area contributed by atoms with Crippen molar-refractivity contribution in [1.29, 1.82) is 0 Å². The zero-order valence-corrected chi connectivity index (χ0v) is 28.0. The monoisotopic (exact) mass is 634 g/mol. The zero-order chi connectivity index (χ0) is 31.7. The molecule has 2 aliphatic heterocycles. The van der Waals surface area contributed by atoms with E-state index in [-0.39, 0.29) is 12.0 Å². The number of piperazine rings is 1. The number of fused-ring (bicyclic) bond motifs is 1. The summed E-state index contributed by atoms with van der Waals surface area (Å²) in [5.74, 6) is 1.59. The number of carbonyl (C=O) groups is 2. The average Bonchev–Trinajstić information content (AvgIpc) is 3.68. The SMILES string of the molecule is CN(C)C(=O)c1sc2cnc(Nc3ccc(N4CCN(C5CCN(C(=O)OC(C)(C)C)CC5)CC4)cn3)nc2c1C1CCCC1. The molecule has 0 radical (unpaired) electrons. The molecule has 0 atom stereocenters. The molecule has 3 aromatic heterocycles. The number of nitrogens with one attached hydrogen (secondary N) is 1. The Labute approximate surface area is 270 Å². The van der Waals surface area contributed by atoms with Crippen LogP contribution >= 0.6 is 11.3 Å². The van der Waals surface area contributed by atoms with E-state index in [1.54, 1.807) is 19.0 Å². The number of pyridine rings is 1. The second-order valence-electron chi connectivity index (χ2n) is 13.7. The number of hydrogen-bond acceptors (Lipinski definition) is 10. The third-order valence-electron chi connectivity index (χ3n) is 9.13. The summed E-state index contributed by atoms with van der Waals surface area (Å²) in [6, 6.07) is 4.58. The number of rotatable bonds is 6. The van der Waals surface area contributed by atoms with E-state index in [1.165, 1.54) is 24.2 Å². The number of likely N-dealkylation sites (tertiary alicyclic amines) is 1. The minimum atomic E-state index is -0.461. The number of ether oxygens (including phenoxy) is 1. The first-order valence-corrected chi connectivity index (χ1v) is 17.1. The van der Waals surface area contributed by atoms with Gasteiger partial charge in [-0.05, 0) is 64.5 Å². The van der Waals surface area contributed by atoms with Crippen molar-refractivity contribution >= 4 is 51.0 Å². The van der Waals surface area contributed by atoms with E-state index in [2.05, 4.69) is 26.2 Å². The van der Waals surface area contributed by atoms with Gasteiger partial charge in [0.25, 0.3) is 5.91 Å². The third-order valence-corrected chi connectivity index (χ3v) is 10.2. The summed E-state index contributed by atoms with van der Waals surface area (Å²) in [6.07, 6.45) is 10.1. The normalized spacial score (nSPS) is 18.9. The first-order chi connectivity index (χ1) is 21.6. The van der Waals surface area contributed by atoms with Gasteiger partial charge in [0.15, 0.2) is 0 Å². The van der Waals surface area contributed by atoms with E-state index in [4.69, 9.17) is 14.7 Å². The van der Waals surface area contributed by atoms with E-state index in [9.17, 15) is 9.59 Å². The van der Waals surface area contributed by atoms with Crippen LogP contribution < -0.4 is 10.2 Å². The van der Waals surface area contributed by atoms with Gasteiger partial charge in [-0.1, -0.05) is 12.8 Å². The smallest absolute Gasteiger partial charge is 0.410 e. The van der Waals surface area contributed by atoms with Crippen molar-refractivity contribution in [2.75, 3.05) is 63.6 Å². The Kier molecular flexibility index (Phi) is 9.15. The van der Waals surface area contributed by atoms with Gasteiger partial charge >= 0.3 is 6.09 Å². The van der Waals surface area contributed by atoms with Gasteiger partial charge < -0.3 is 24.8 Å². The molecule has 3 aromatic rings. The molecule has 2 amide bonds. The fraction of sp³-hybridized carbons (Fsp3) is 0.606. The molecule has 1 N–H and O–H groups in total. The molecular formula is C33H46N8O3S. The summed E-state index contributed by atoms with van der Waals surface area (Å²) in [5.41, 5.74) is 2.62. The van der Waals surface area contributed by atoms with E-state index >= 15 is 0 Å². The van der Waals surface area contributed by atoms with E-state index in [1.807, 2.05) is 44.1 Å². The number of nitrogens with zero attached hydrogens (tertiary/aromatic N) is 7. The summed E-state index contributed by atoms with van der Waals surface area (Å²) in [5, 5.41) is 3.29. The van der Waals surface area contributed by atoms with Crippen LogP contribution in [0.2, 0.25) is 0 Å². The molecule has 0 bridgehead atoms. The lowest BCUT2D eigenvalue weighted by atomic mass is 9.96. The fourth-order valence-electron chi connectivity index (χ4n) is 6.77. The van der Waals surface area contributed by atoms with Crippen molar-refractivity contribution in [3.05, 3.63) is 35.0 Å². The van der Waals surface area contributed by atoms with Crippen LogP contribution in [-0.2, 0) is 4.74 Å². The molecule has 0 spiro atoms. The Bertz CT molecular complexity index is 1500. The van der Waals surface area contributed by atoms with Crippen LogP contribution in [0, 0.1) is 0 Å². The van der Waals surface area contributed by atoms with Gasteiger partial charge in [-0.15, -0.1) is 11.3 Å². The average molecular weight is 635 g/mol. The predicted octanol–water partition coefficient (Wildman–Crippen LogP) is 5.71. The van der Waals surface area contributed by atoms with Crippen LogP contribution in [0.3, 0.4) is 0 Å². The molecule has 3 fully saturated rings. The first kappa shape index (κ1) is 31.5. The first-order valence-electron chi connectivity index (χ1n) is 16.3. The number of carbonyl (C=O) groups excluding carboxylic acids is 2. The quantitative estimate of drug-likeness (QED) is 0.365. The largest absolute Gasteiger partial charge is 0.444 e. The summed E-state index contributed by atoms with van der Waals surface area (Å²) >= 11 is 1.50. The van der Waals surface area contributed by atoms with Crippen molar-refractivity contribution in [2.45, 2.75) is 76.9 Å². The molecule has 1 saturated carbocycles. The topological polar surface area (TPSA) is 107 Å². The standard InChI is InChI=1S/C33H46N8O3S/c1-33(2,3)44-32(43)41-14-12-23(13-15-41)39-16-18-40(19-17-39)24-10-11-26(34-20-24)36-31-35-21-25-28(37-31)27(22-8-6-7-9-22)29(45-25)30(42)38(4)5/h10-11,20-23H,6-9,12-19H2,1-5H3,(H,34,35,36,37). The number of aromatic nitrogens is 3. The molecule has 0 unspecified atom stereocenters. The highest BCUT2D eigenvalue weighted by atomic mass is 32.1. The summed E-state index contributed by atoms with van der Waals surface area (Å²) in [7, 11) is 3.61. The highest BCUT2D eigenvalue weighted by Gasteiger charge is 2.32. The maximum Gasteiger partial charge on any atom is 0.410 e. The van der Waals surface area contributed by atoms with Crippen molar-refractivity contribution < 1.29 is 14.3 Å². The Morgan fingerprint density at radius 1 is 0.956 bits per heavy atom. The van der Waals surface area contributed by atoms with E-state index in [0.29, 0.717) is 23.7 Å². The molecule has 0 aromatic carbocycles. The predicted molar refractivity (Wildman–Crippen MR) is 179 cm³/mol. The Morgan fingerprint density at radius 3 is 2.29 bits per heavy atom. The van der Waals surface area contributed by atoms with Crippen molar-refractivity contribution in [1.82, 2.24) is 29.7 Å². The molecule has 3 aliphatic rings. The Hall–Kier alpha value is -3.51.